The fourth-order valence-corrected chi connectivity index (χ4v) is 2.12. The maximum Gasteiger partial charge on any atom is 0.238 e. The summed E-state index contributed by atoms with van der Waals surface area (Å²) in [5.74, 6) is 0.0897. The van der Waals surface area contributed by atoms with E-state index in [-0.39, 0.29) is 18.0 Å². The smallest absolute Gasteiger partial charge is 0.238 e. The second-order valence-electron chi connectivity index (χ2n) is 4.40. The van der Waals surface area contributed by atoms with Crippen LogP contribution in [0.25, 0.3) is 0 Å². The van der Waals surface area contributed by atoms with Crippen LogP contribution in [0.1, 0.15) is 25.5 Å². The number of carbonyl (C=O) groups is 1. The van der Waals surface area contributed by atoms with E-state index in [1.54, 1.807) is 19.0 Å². The van der Waals surface area contributed by atoms with Gasteiger partial charge >= 0.3 is 0 Å². The molecule has 2 atom stereocenters. The van der Waals surface area contributed by atoms with E-state index < -0.39 is 0 Å². The van der Waals surface area contributed by atoms with Crippen LogP contribution in [0.4, 0.5) is 0 Å². The first kappa shape index (κ1) is 14.2. The van der Waals surface area contributed by atoms with Crippen LogP contribution in [-0.4, -0.2) is 30.9 Å². The van der Waals surface area contributed by atoms with Gasteiger partial charge in [-0.15, -0.1) is 0 Å². The Labute approximate surface area is 111 Å². The summed E-state index contributed by atoms with van der Waals surface area (Å²) in [4.78, 5) is 13.3. The minimum atomic E-state index is -0.181. The number of amides is 1. The molecule has 1 rings (SSSR count). The quantitative estimate of drug-likeness (QED) is 0.927. The van der Waals surface area contributed by atoms with Crippen LogP contribution < -0.4 is 5.32 Å². The normalized spacial score (nSPS) is 14.2. The van der Waals surface area contributed by atoms with E-state index in [4.69, 9.17) is 0 Å². The monoisotopic (exact) mass is 298 g/mol. The first-order valence-electron chi connectivity index (χ1n) is 5.64. The molecular formula is C13H19BrN2O. The summed E-state index contributed by atoms with van der Waals surface area (Å²) in [6.45, 7) is 3.94. The molecule has 1 aromatic rings. The minimum Gasteiger partial charge on any atom is -0.347 e. The zero-order valence-electron chi connectivity index (χ0n) is 10.7. The lowest BCUT2D eigenvalue weighted by molar-refractivity contribution is -0.130. The molecule has 0 spiro atoms. The summed E-state index contributed by atoms with van der Waals surface area (Å²) in [6, 6.07) is 8.06. The SMILES string of the molecule is CC(N[C@H](C)c1cccc(Br)c1)C(=O)N(C)C. The first-order valence-corrected chi connectivity index (χ1v) is 6.43. The number of benzene rings is 1. The maximum atomic E-state index is 11.7. The molecule has 0 heterocycles. The van der Waals surface area contributed by atoms with E-state index in [2.05, 4.69) is 40.3 Å². The number of nitrogens with one attached hydrogen (secondary N) is 1. The summed E-state index contributed by atoms with van der Waals surface area (Å²) in [5, 5.41) is 3.29. The van der Waals surface area contributed by atoms with Gasteiger partial charge < -0.3 is 4.90 Å². The van der Waals surface area contributed by atoms with Crippen molar-refractivity contribution in [3.63, 3.8) is 0 Å². The fourth-order valence-electron chi connectivity index (χ4n) is 1.71. The predicted molar refractivity (Wildman–Crippen MR) is 73.8 cm³/mol. The highest BCUT2D eigenvalue weighted by Crippen LogP contribution is 2.18. The van der Waals surface area contributed by atoms with E-state index in [9.17, 15) is 4.79 Å². The summed E-state index contributed by atoms with van der Waals surface area (Å²) in [6.07, 6.45) is 0. The molecule has 0 bridgehead atoms. The van der Waals surface area contributed by atoms with Crippen molar-refractivity contribution in [3.05, 3.63) is 34.3 Å². The second kappa shape index (κ2) is 6.17. The largest absolute Gasteiger partial charge is 0.347 e. The van der Waals surface area contributed by atoms with E-state index in [0.717, 1.165) is 10.0 Å². The number of hydrogen-bond donors (Lipinski definition) is 1. The lowest BCUT2D eigenvalue weighted by Gasteiger charge is -2.22. The molecular weight excluding hydrogens is 280 g/mol. The van der Waals surface area contributed by atoms with Crippen LogP contribution in [0, 0.1) is 0 Å². The molecule has 0 fully saturated rings. The van der Waals surface area contributed by atoms with Gasteiger partial charge in [0.25, 0.3) is 0 Å². The molecule has 1 amide bonds. The van der Waals surface area contributed by atoms with Crippen molar-refractivity contribution < 1.29 is 4.79 Å². The number of carbonyl (C=O) groups excluding carboxylic acids is 1. The molecule has 1 unspecified atom stereocenters. The van der Waals surface area contributed by atoms with Crippen LogP contribution in [0.15, 0.2) is 28.7 Å². The maximum absolute atomic E-state index is 11.7. The van der Waals surface area contributed by atoms with E-state index in [1.165, 1.54) is 0 Å². The third-order valence-electron chi connectivity index (χ3n) is 2.66. The highest BCUT2D eigenvalue weighted by molar-refractivity contribution is 9.10. The molecule has 0 aliphatic carbocycles. The van der Waals surface area contributed by atoms with Gasteiger partial charge in [0.2, 0.25) is 5.91 Å². The molecule has 1 N–H and O–H groups in total. The van der Waals surface area contributed by atoms with Gasteiger partial charge in [-0.2, -0.15) is 0 Å². The fraction of sp³-hybridized carbons (Fsp3) is 0.462. The van der Waals surface area contributed by atoms with Crippen molar-refractivity contribution in [2.24, 2.45) is 0 Å². The van der Waals surface area contributed by atoms with Crippen molar-refractivity contribution in [2.75, 3.05) is 14.1 Å². The van der Waals surface area contributed by atoms with Gasteiger partial charge in [-0.25, -0.2) is 0 Å². The third kappa shape index (κ3) is 4.13. The Hall–Kier alpha value is -0.870. The molecule has 17 heavy (non-hydrogen) atoms. The van der Waals surface area contributed by atoms with Gasteiger partial charge in [-0.3, -0.25) is 10.1 Å². The molecule has 0 aromatic heterocycles. The van der Waals surface area contributed by atoms with Crippen LogP contribution in [-0.2, 0) is 4.79 Å². The van der Waals surface area contributed by atoms with E-state index in [1.807, 2.05) is 19.1 Å². The Morgan fingerprint density at radius 3 is 2.53 bits per heavy atom. The van der Waals surface area contributed by atoms with E-state index >= 15 is 0 Å². The van der Waals surface area contributed by atoms with Crippen LogP contribution in [0.5, 0.6) is 0 Å². The number of likely N-dealkylation sites (N-methyl/N-ethyl adjacent to an activating group) is 1. The van der Waals surface area contributed by atoms with Crippen molar-refractivity contribution in [3.8, 4) is 0 Å². The van der Waals surface area contributed by atoms with Gasteiger partial charge in [0.05, 0.1) is 6.04 Å². The predicted octanol–water partition coefficient (Wildman–Crippen LogP) is 2.58. The average molecular weight is 299 g/mol. The zero-order valence-corrected chi connectivity index (χ0v) is 12.3. The summed E-state index contributed by atoms with van der Waals surface area (Å²) < 4.78 is 1.05. The van der Waals surface area contributed by atoms with E-state index in [0.29, 0.717) is 0 Å². The summed E-state index contributed by atoms with van der Waals surface area (Å²) in [7, 11) is 3.54. The molecule has 3 nitrogen and oxygen atoms in total. The highest BCUT2D eigenvalue weighted by atomic mass is 79.9. The minimum absolute atomic E-state index is 0.0897. The lowest BCUT2D eigenvalue weighted by atomic mass is 10.1. The Bertz CT molecular complexity index is 393. The highest BCUT2D eigenvalue weighted by Gasteiger charge is 2.17. The molecule has 94 valence electrons. The van der Waals surface area contributed by atoms with Crippen molar-refractivity contribution >= 4 is 21.8 Å². The van der Waals surface area contributed by atoms with Crippen molar-refractivity contribution in [1.29, 1.82) is 0 Å². The standard InChI is InChI=1S/C13H19BrN2O/c1-9(11-6-5-7-12(14)8-11)15-10(2)13(17)16(3)4/h5-10,15H,1-4H3/t9-,10?/m1/s1. The molecule has 1 aromatic carbocycles. The van der Waals surface area contributed by atoms with Crippen molar-refractivity contribution in [1.82, 2.24) is 10.2 Å². The molecule has 0 saturated carbocycles. The second-order valence-corrected chi connectivity index (χ2v) is 5.31. The lowest BCUT2D eigenvalue weighted by Crippen LogP contribution is -2.42. The number of hydrogen-bond acceptors (Lipinski definition) is 2. The molecule has 0 radical (unpaired) electrons. The molecule has 0 aliphatic heterocycles. The first-order chi connectivity index (χ1) is 7.91. The molecule has 0 aliphatic rings. The summed E-state index contributed by atoms with van der Waals surface area (Å²) in [5.41, 5.74) is 1.16. The third-order valence-corrected chi connectivity index (χ3v) is 3.15. The molecule has 4 heteroatoms. The zero-order chi connectivity index (χ0) is 13.0. The number of rotatable bonds is 4. The molecule has 0 saturated heterocycles. The van der Waals surface area contributed by atoms with Gasteiger partial charge in [0.15, 0.2) is 0 Å². The Balaban J connectivity index is 2.66. The van der Waals surface area contributed by atoms with Gasteiger partial charge in [0.1, 0.15) is 0 Å². The topological polar surface area (TPSA) is 32.3 Å². The van der Waals surface area contributed by atoms with Crippen molar-refractivity contribution in [2.45, 2.75) is 25.9 Å². The Morgan fingerprint density at radius 1 is 1.35 bits per heavy atom. The average Bonchev–Trinajstić information content (AvgIpc) is 2.27. The summed E-state index contributed by atoms with van der Waals surface area (Å²) >= 11 is 3.45. The van der Waals surface area contributed by atoms with Gasteiger partial charge in [0, 0.05) is 24.6 Å². The van der Waals surface area contributed by atoms with Crippen LogP contribution in [0.2, 0.25) is 0 Å². The number of halogens is 1. The van der Waals surface area contributed by atoms with Crippen LogP contribution in [0.3, 0.4) is 0 Å². The van der Waals surface area contributed by atoms with Gasteiger partial charge in [-0.05, 0) is 31.5 Å². The van der Waals surface area contributed by atoms with Crippen LogP contribution >= 0.6 is 15.9 Å². The van der Waals surface area contributed by atoms with Gasteiger partial charge in [-0.1, -0.05) is 28.1 Å². The Morgan fingerprint density at radius 2 is 2.00 bits per heavy atom. The Kier molecular flexibility index (Phi) is 5.15. The number of nitrogens with zero attached hydrogens (tertiary/aromatic N) is 1.